The van der Waals surface area contributed by atoms with Gasteiger partial charge in [0, 0.05) is 5.39 Å². The molecule has 0 aliphatic carbocycles. The van der Waals surface area contributed by atoms with Crippen LogP contribution in [0.25, 0.3) is 10.9 Å². The minimum absolute atomic E-state index is 0.0880. The van der Waals surface area contributed by atoms with Gasteiger partial charge in [0.2, 0.25) is 0 Å². The number of hydrogen-bond acceptors (Lipinski definition) is 2. The van der Waals surface area contributed by atoms with Crippen molar-refractivity contribution in [3.05, 3.63) is 35.5 Å². The van der Waals surface area contributed by atoms with Gasteiger partial charge in [-0.1, -0.05) is 53.7 Å². The third-order valence-electron chi connectivity index (χ3n) is 3.30. The molecule has 2 aromatic rings. The summed E-state index contributed by atoms with van der Waals surface area (Å²) in [6.45, 7) is 13.4. The van der Waals surface area contributed by atoms with Gasteiger partial charge in [-0.25, -0.2) is 0 Å². The zero-order chi connectivity index (χ0) is 13.6. The predicted molar refractivity (Wildman–Crippen MR) is 76.9 cm³/mol. The average Bonchev–Trinajstić information content (AvgIpc) is 2.24. The van der Waals surface area contributed by atoms with Crippen molar-refractivity contribution in [1.82, 2.24) is 10.2 Å². The van der Waals surface area contributed by atoms with Crippen LogP contribution in [0.5, 0.6) is 0 Å². The van der Waals surface area contributed by atoms with E-state index in [1.807, 2.05) is 0 Å². The van der Waals surface area contributed by atoms with Crippen LogP contribution in [-0.2, 0) is 10.8 Å². The molecule has 0 saturated heterocycles. The Balaban J connectivity index is 2.83. The van der Waals surface area contributed by atoms with Crippen LogP contribution in [0.15, 0.2) is 24.4 Å². The Labute approximate surface area is 109 Å². The normalized spacial score (nSPS) is 13.0. The minimum atomic E-state index is 0.0880. The zero-order valence-electron chi connectivity index (χ0n) is 12.2. The highest BCUT2D eigenvalue weighted by Gasteiger charge is 2.23. The summed E-state index contributed by atoms with van der Waals surface area (Å²) in [4.78, 5) is 0. The van der Waals surface area contributed by atoms with Gasteiger partial charge in [-0.2, -0.15) is 10.2 Å². The first-order valence-corrected chi connectivity index (χ1v) is 6.46. The van der Waals surface area contributed by atoms with E-state index < -0.39 is 0 Å². The van der Waals surface area contributed by atoms with Crippen LogP contribution in [0.4, 0.5) is 0 Å². The van der Waals surface area contributed by atoms with Gasteiger partial charge in [0.15, 0.2) is 0 Å². The Morgan fingerprint density at radius 1 is 0.778 bits per heavy atom. The van der Waals surface area contributed by atoms with E-state index in [4.69, 9.17) is 0 Å². The van der Waals surface area contributed by atoms with Crippen molar-refractivity contribution >= 4 is 10.9 Å². The summed E-state index contributed by atoms with van der Waals surface area (Å²) < 4.78 is 0. The standard InChI is InChI=1S/C16H22N2/c1-15(2,3)12-7-8-13(16(4,5)6)14-11(12)9-10-17-18-14/h7-10H,1-6H3. The molecule has 1 heterocycles. The summed E-state index contributed by atoms with van der Waals surface area (Å²) in [6, 6.07) is 6.53. The Hall–Kier alpha value is -1.44. The van der Waals surface area contributed by atoms with E-state index in [9.17, 15) is 0 Å². The van der Waals surface area contributed by atoms with E-state index in [0.717, 1.165) is 5.52 Å². The van der Waals surface area contributed by atoms with Gasteiger partial charge in [0.25, 0.3) is 0 Å². The molecule has 18 heavy (non-hydrogen) atoms. The smallest absolute Gasteiger partial charge is 0.0969 e. The Bertz CT molecular complexity index is 519. The molecule has 0 N–H and O–H groups in total. The molecular formula is C16H22N2. The molecule has 0 aliphatic heterocycles. The highest BCUT2D eigenvalue weighted by Crippen LogP contribution is 2.34. The van der Waals surface area contributed by atoms with Gasteiger partial charge in [-0.15, -0.1) is 0 Å². The minimum Gasteiger partial charge on any atom is -0.159 e. The molecule has 0 bridgehead atoms. The summed E-state index contributed by atoms with van der Waals surface area (Å²) in [5.41, 5.74) is 3.85. The fraction of sp³-hybridized carbons (Fsp3) is 0.500. The Morgan fingerprint density at radius 3 is 1.89 bits per heavy atom. The summed E-state index contributed by atoms with van der Waals surface area (Å²) in [5, 5.41) is 9.66. The SMILES string of the molecule is CC(C)(C)c1ccc(C(C)(C)C)c2nnccc12. The topological polar surface area (TPSA) is 25.8 Å². The van der Waals surface area contributed by atoms with E-state index in [0.29, 0.717) is 0 Å². The zero-order valence-corrected chi connectivity index (χ0v) is 12.2. The first-order valence-electron chi connectivity index (χ1n) is 6.46. The van der Waals surface area contributed by atoms with Gasteiger partial charge >= 0.3 is 0 Å². The van der Waals surface area contributed by atoms with Crippen molar-refractivity contribution in [2.24, 2.45) is 0 Å². The van der Waals surface area contributed by atoms with Gasteiger partial charge in [-0.3, -0.25) is 0 Å². The summed E-state index contributed by atoms with van der Waals surface area (Å²) in [5.74, 6) is 0. The van der Waals surface area contributed by atoms with Gasteiger partial charge < -0.3 is 0 Å². The molecule has 1 aromatic heterocycles. The maximum atomic E-state index is 4.37. The summed E-state index contributed by atoms with van der Waals surface area (Å²) in [6.07, 6.45) is 1.78. The molecule has 0 amide bonds. The molecular weight excluding hydrogens is 220 g/mol. The fourth-order valence-electron chi connectivity index (χ4n) is 2.34. The average molecular weight is 242 g/mol. The van der Waals surface area contributed by atoms with Crippen molar-refractivity contribution in [1.29, 1.82) is 0 Å². The third-order valence-corrected chi connectivity index (χ3v) is 3.30. The van der Waals surface area contributed by atoms with Gasteiger partial charge in [-0.05, 0) is 28.0 Å². The number of nitrogens with zero attached hydrogens (tertiary/aromatic N) is 2. The molecule has 0 aliphatic rings. The highest BCUT2D eigenvalue weighted by molar-refractivity contribution is 5.86. The highest BCUT2D eigenvalue weighted by atomic mass is 15.1. The first-order chi connectivity index (χ1) is 8.21. The van der Waals surface area contributed by atoms with Crippen LogP contribution in [0.3, 0.4) is 0 Å². The van der Waals surface area contributed by atoms with Crippen molar-refractivity contribution in [2.75, 3.05) is 0 Å². The third kappa shape index (κ3) is 2.24. The van der Waals surface area contributed by atoms with Crippen LogP contribution < -0.4 is 0 Å². The van der Waals surface area contributed by atoms with Crippen molar-refractivity contribution < 1.29 is 0 Å². The number of fused-ring (bicyclic) bond motifs is 1. The largest absolute Gasteiger partial charge is 0.159 e. The molecule has 2 rings (SSSR count). The molecule has 96 valence electrons. The molecule has 0 unspecified atom stereocenters. The molecule has 0 atom stereocenters. The molecule has 1 aromatic carbocycles. The molecule has 0 saturated carbocycles. The van der Waals surface area contributed by atoms with E-state index in [1.165, 1.54) is 16.5 Å². The van der Waals surface area contributed by atoms with Gasteiger partial charge in [0.1, 0.15) is 0 Å². The lowest BCUT2D eigenvalue weighted by Gasteiger charge is -2.25. The molecule has 0 fully saturated rings. The van der Waals surface area contributed by atoms with Crippen molar-refractivity contribution in [3.8, 4) is 0 Å². The van der Waals surface area contributed by atoms with Crippen molar-refractivity contribution in [3.63, 3.8) is 0 Å². The fourth-order valence-corrected chi connectivity index (χ4v) is 2.34. The van der Waals surface area contributed by atoms with E-state index in [1.54, 1.807) is 6.20 Å². The second kappa shape index (κ2) is 4.04. The van der Waals surface area contributed by atoms with Crippen LogP contribution >= 0.6 is 0 Å². The monoisotopic (exact) mass is 242 g/mol. The quantitative estimate of drug-likeness (QED) is 0.691. The van der Waals surface area contributed by atoms with Crippen LogP contribution in [-0.4, -0.2) is 10.2 Å². The van der Waals surface area contributed by atoms with Gasteiger partial charge in [0.05, 0.1) is 11.7 Å². The van der Waals surface area contributed by atoms with Crippen molar-refractivity contribution in [2.45, 2.75) is 52.4 Å². The number of aromatic nitrogens is 2. The summed E-state index contributed by atoms with van der Waals surface area (Å²) >= 11 is 0. The van der Waals surface area contributed by atoms with Crippen LogP contribution in [0.1, 0.15) is 52.7 Å². The summed E-state index contributed by atoms with van der Waals surface area (Å²) in [7, 11) is 0. The number of rotatable bonds is 0. The van der Waals surface area contributed by atoms with E-state index in [2.05, 4.69) is 69.9 Å². The predicted octanol–water partition coefficient (Wildman–Crippen LogP) is 4.22. The molecule has 0 radical (unpaired) electrons. The molecule has 2 nitrogen and oxygen atoms in total. The number of hydrogen-bond donors (Lipinski definition) is 0. The van der Waals surface area contributed by atoms with Crippen LogP contribution in [0, 0.1) is 0 Å². The Morgan fingerprint density at radius 2 is 1.33 bits per heavy atom. The molecule has 2 heteroatoms. The van der Waals surface area contributed by atoms with Crippen LogP contribution in [0.2, 0.25) is 0 Å². The first kappa shape index (κ1) is 13.0. The second-order valence-electron chi connectivity index (χ2n) is 6.95. The maximum absolute atomic E-state index is 4.37. The van der Waals surface area contributed by atoms with E-state index >= 15 is 0 Å². The lowest BCUT2D eigenvalue weighted by molar-refractivity contribution is 0.583. The molecule has 0 spiro atoms. The van der Waals surface area contributed by atoms with E-state index in [-0.39, 0.29) is 10.8 Å². The lowest BCUT2D eigenvalue weighted by atomic mass is 9.79. The number of benzene rings is 1. The Kier molecular flexibility index (Phi) is 2.92. The lowest BCUT2D eigenvalue weighted by Crippen LogP contribution is -2.16. The maximum Gasteiger partial charge on any atom is 0.0969 e. The second-order valence-corrected chi connectivity index (χ2v) is 6.95.